The van der Waals surface area contributed by atoms with Crippen LogP contribution in [0.5, 0.6) is 0 Å². The lowest BCUT2D eigenvalue weighted by Gasteiger charge is -2.36. The lowest BCUT2D eigenvalue weighted by Crippen LogP contribution is -2.68. The summed E-state index contributed by atoms with van der Waals surface area (Å²) in [4.78, 5) is 0. The van der Waals surface area contributed by atoms with Crippen molar-refractivity contribution in [3.8, 4) is 11.8 Å². The molecule has 0 amide bonds. The molecule has 3 heterocycles. The van der Waals surface area contributed by atoms with Gasteiger partial charge in [0, 0.05) is 38.3 Å². The molecule has 0 radical (unpaired) electrons. The molecule has 61 heavy (non-hydrogen) atoms. The van der Waals surface area contributed by atoms with Gasteiger partial charge < -0.3 is 13.6 Å². The lowest BCUT2D eigenvalue weighted by atomic mass is 10.1. The smallest absolute Gasteiger partial charge is 0.176 e. The number of fused-ring (bicyclic) bond motifs is 10. The normalized spacial score (nSPS) is 13.3. The first-order valence-electron chi connectivity index (χ1n) is 20.8. The highest BCUT2D eigenvalue weighted by molar-refractivity contribution is 7.16. The number of hydrogen-bond acceptors (Lipinski definition) is 2. The molecule has 0 aliphatic heterocycles. The van der Waals surface area contributed by atoms with Gasteiger partial charge in [0.25, 0.3) is 0 Å². The number of furan rings is 1. The highest BCUT2D eigenvalue weighted by atomic mass is 28.3. The summed E-state index contributed by atoms with van der Waals surface area (Å²) in [6.07, 6.45) is 10.2. The highest BCUT2D eigenvalue weighted by Crippen LogP contribution is 2.41. The molecule has 5 heteroatoms. The summed E-state index contributed by atoms with van der Waals surface area (Å²) in [5.74, 6) is 0. The minimum absolute atomic E-state index is 0.660. The zero-order valence-corrected chi connectivity index (χ0v) is 34.2. The molecule has 0 atom stereocenters. The van der Waals surface area contributed by atoms with E-state index in [0.29, 0.717) is 5.56 Å². The maximum absolute atomic E-state index is 9.83. The molecule has 0 bridgehead atoms. The zero-order valence-electron chi connectivity index (χ0n) is 33.2. The minimum Gasteiger partial charge on any atom is -0.455 e. The van der Waals surface area contributed by atoms with Crippen molar-refractivity contribution in [3.05, 3.63) is 223 Å². The SMILES string of the molecule is N#Cc1ccc2c(c1)c1ccccc1n2-c1cccc([Si](C2=CC=C(n3c4ccccc4c4c5oc6ccccc6c5ccc43)C=CC2)(c2ccccc2)c2ccccc2)c1. The van der Waals surface area contributed by atoms with E-state index in [9.17, 15) is 5.26 Å². The predicted octanol–water partition coefficient (Wildman–Crippen LogP) is 12.1. The molecule has 0 saturated heterocycles. The Morgan fingerprint density at radius 2 is 1.13 bits per heavy atom. The van der Waals surface area contributed by atoms with Gasteiger partial charge in [0.05, 0.1) is 39.1 Å². The van der Waals surface area contributed by atoms with Crippen molar-refractivity contribution in [1.29, 1.82) is 5.26 Å². The summed E-state index contributed by atoms with van der Waals surface area (Å²) in [5, 5.41) is 22.0. The first-order valence-corrected chi connectivity index (χ1v) is 22.8. The Morgan fingerprint density at radius 1 is 0.492 bits per heavy atom. The quantitative estimate of drug-likeness (QED) is 0.124. The lowest BCUT2D eigenvalue weighted by molar-refractivity contribution is 0.673. The zero-order chi connectivity index (χ0) is 40.5. The molecule has 8 aromatic carbocycles. The van der Waals surface area contributed by atoms with Gasteiger partial charge in [0.2, 0.25) is 0 Å². The molecular weight excluding hydrogens is 759 g/mol. The Kier molecular flexibility index (Phi) is 7.96. The first-order chi connectivity index (χ1) is 30.2. The Balaban J connectivity index is 1.10. The van der Waals surface area contributed by atoms with E-state index in [4.69, 9.17) is 4.42 Å². The number of benzene rings is 8. The van der Waals surface area contributed by atoms with Crippen molar-refractivity contribution >= 4 is 94.9 Å². The second-order valence-corrected chi connectivity index (χ2v) is 19.8. The molecule has 3 aromatic heterocycles. The van der Waals surface area contributed by atoms with Crippen molar-refractivity contribution in [2.24, 2.45) is 0 Å². The average Bonchev–Trinajstić information content (AvgIpc) is 3.91. The third kappa shape index (κ3) is 5.23. The third-order valence-corrected chi connectivity index (χ3v) is 17.7. The first kappa shape index (κ1) is 35.1. The predicted molar refractivity (Wildman–Crippen MR) is 256 cm³/mol. The van der Waals surface area contributed by atoms with Crippen LogP contribution >= 0.6 is 0 Å². The van der Waals surface area contributed by atoms with Crippen molar-refractivity contribution in [3.63, 3.8) is 0 Å². The molecule has 0 N–H and O–H groups in total. The van der Waals surface area contributed by atoms with Crippen LogP contribution in [0.15, 0.2) is 222 Å². The van der Waals surface area contributed by atoms with Crippen molar-refractivity contribution in [2.75, 3.05) is 0 Å². The van der Waals surface area contributed by atoms with E-state index in [1.165, 1.54) is 26.1 Å². The van der Waals surface area contributed by atoms with Gasteiger partial charge in [-0.05, 0) is 94.8 Å². The van der Waals surface area contributed by atoms with Crippen molar-refractivity contribution in [2.45, 2.75) is 6.42 Å². The summed E-state index contributed by atoms with van der Waals surface area (Å²) < 4.78 is 11.4. The molecule has 4 nitrogen and oxygen atoms in total. The second kappa shape index (κ2) is 13.8. The fraction of sp³-hybridized carbons (Fsp3) is 0.0179. The van der Waals surface area contributed by atoms with Crippen molar-refractivity contribution in [1.82, 2.24) is 9.13 Å². The molecule has 286 valence electrons. The number of hydrogen-bond donors (Lipinski definition) is 0. The van der Waals surface area contributed by atoms with Gasteiger partial charge in [0.15, 0.2) is 8.07 Å². The number of nitriles is 1. The van der Waals surface area contributed by atoms with Crippen molar-refractivity contribution < 1.29 is 4.42 Å². The van der Waals surface area contributed by atoms with Gasteiger partial charge in [0.1, 0.15) is 11.2 Å². The van der Waals surface area contributed by atoms with E-state index in [0.717, 1.165) is 78.0 Å². The molecule has 1 aliphatic rings. The van der Waals surface area contributed by atoms with Crippen LogP contribution in [-0.4, -0.2) is 17.2 Å². The summed E-state index contributed by atoms with van der Waals surface area (Å²) in [6, 6.07) is 70.0. The Labute approximate surface area is 353 Å². The average molecular weight is 796 g/mol. The summed E-state index contributed by atoms with van der Waals surface area (Å²) in [6.45, 7) is 0. The monoisotopic (exact) mass is 795 g/mol. The third-order valence-electron chi connectivity index (χ3n) is 12.8. The number of aromatic nitrogens is 2. The van der Waals surface area contributed by atoms with Crippen LogP contribution in [0, 0.1) is 11.3 Å². The van der Waals surface area contributed by atoms with Gasteiger partial charge in [-0.3, -0.25) is 0 Å². The van der Waals surface area contributed by atoms with Crippen LogP contribution in [0.3, 0.4) is 0 Å². The minimum atomic E-state index is -2.94. The molecule has 0 spiro atoms. The maximum atomic E-state index is 9.83. The number of allylic oxidation sites excluding steroid dienone is 6. The molecule has 0 saturated carbocycles. The van der Waals surface area contributed by atoms with Crippen LogP contribution in [0.4, 0.5) is 0 Å². The molecule has 12 rings (SSSR count). The molecule has 0 unspecified atom stereocenters. The van der Waals surface area contributed by atoms with E-state index in [-0.39, 0.29) is 0 Å². The van der Waals surface area contributed by atoms with E-state index >= 15 is 0 Å². The Bertz CT molecular complexity index is 3650. The van der Waals surface area contributed by atoms with E-state index in [1.807, 2.05) is 18.2 Å². The number of para-hydroxylation sites is 3. The number of rotatable bonds is 6. The van der Waals surface area contributed by atoms with E-state index in [2.05, 4.69) is 209 Å². The van der Waals surface area contributed by atoms with Gasteiger partial charge in [-0.25, -0.2) is 0 Å². The van der Waals surface area contributed by atoms with Gasteiger partial charge in [-0.2, -0.15) is 5.26 Å². The fourth-order valence-electron chi connectivity index (χ4n) is 10.2. The van der Waals surface area contributed by atoms with E-state index < -0.39 is 8.07 Å². The van der Waals surface area contributed by atoms with E-state index in [1.54, 1.807) is 0 Å². The van der Waals surface area contributed by atoms with Crippen LogP contribution in [0.1, 0.15) is 12.0 Å². The molecular formula is C56H37N3OSi. The summed E-state index contributed by atoms with van der Waals surface area (Å²) in [7, 11) is -2.94. The molecule has 1 aliphatic carbocycles. The molecule has 0 fully saturated rings. The van der Waals surface area contributed by atoms with Gasteiger partial charge >= 0.3 is 0 Å². The summed E-state index contributed by atoms with van der Waals surface area (Å²) >= 11 is 0. The fourth-order valence-corrected chi connectivity index (χ4v) is 15.2. The Hall–Kier alpha value is -7.91. The van der Waals surface area contributed by atoms with Gasteiger partial charge in [-0.15, -0.1) is 0 Å². The van der Waals surface area contributed by atoms with Gasteiger partial charge in [-0.1, -0.05) is 145 Å². The largest absolute Gasteiger partial charge is 0.455 e. The van der Waals surface area contributed by atoms with Crippen LogP contribution in [0.25, 0.3) is 76.9 Å². The maximum Gasteiger partial charge on any atom is 0.176 e. The molecule has 11 aromatic rings. The topological polar surface area (TPSA) is 46.8 Å². The van der Waals surface area contributed by atoms with Crippen LogP contribution < -0.4 is 15.6 Å². The second-order valence-electron chi connectivity index (χ2n) is 15.9. The van der Waals surface area contributed by atoms with Crippen LogP contribution in [-0.2, 0) is 0 Å². The highest BCUT2D eigenvalue weighted by Gasteiger charge is 2.43. The Morgan fingerprint density at radius 3 is 1.90 bits per heavy atom. The number of nitrogens with zero attached hydrogens (tertiary/aromatic N) is 3. The standard InChI is InChI=1S/C56H37N3OSi/c57-37-38-29-33-52-49(35-38)45-23-7-10-26-50(45)59(52)40-16-14-22-44(36-40)61(41-17-3-1-4-18-41,42-19-5-2-6-20-42)43-21-13-15-39(30-31-43)58-51-27-11-8-25-48(51)55-53(58)34-32-47-46-24-9-12-28-54(46)60-56(47)55/h1-20,22-36H,21H2. The van der Waals surface area contributed by atoms with Crippen LogP contribution in [0.2, 0.25) is 0 Å². The summed E-state index contributed by atoms with van der Waals surface area (Å²) in [5.41, 5.74) is 9.17.